The van der Waals surface area contributed by atoms with E-state index in [1.54, 1.807) is 0 Å². The third-order valence-electron chi connectivity index (χ3n) is 5.08. The number of aliphatic hydroxyl groups excluding tert-OH is 1. The fraction of sp³-hybridized carbons (Fsp3) is 0.520. The summed E-state index contributed by atoms with van der Waals surface area (Å²) in [6.45, 7) is 5.97. The predicted molar refractivity (Wildman–Crippen MR) is 119 cm³/mol. The molecule has 1 aliphatic heterocycles. The highest BCUT2D eigenvalue weighted by molar-refractivity contribution is 5.14. The molecule has 1 heterocycles. The molecule has 7 heteroatoms. The number of hydrogen-bond donors (Lipinski definition) is 1. The molecule has 4 atom stereocenters. The molecule has 1 fully saturated rings. The summed E-state index contributed by atoms with van der Waals surface area (Å²) in [5, 5.41) is 10.9. The SMILES string of the molecule is CCOC(CO[C@@H]1O[C@H](COCc2ccccc2)[C@@H](O)[C@H]1OCc1ccccc1)OCC. The lowest BCUT2D eigenvalue weighted by Crippen LogP contribution is -2.38. The third kappa shape index (κ3) is 7.64. The molecule has 0 aliphatic carbocycles. The van der Waals surface area contributed by atoms with Crippen LogP contribution in [0.15, 0.2) is 60.7 Å². The van der Waals surface area contributed by atoms with Crippen molar-refractivity contribution in [1.29, 1.82) is 0 Å². The van der Waals surface area contributed by atoms with Gasteiger partial charge in [0.2, 0.25) is 0 Å². The summed E-state index contributed by atoms with van der Waals surface area (Å²) in [5.74, 6) is 0. The number of ether oxygens (including phenoxy) is 6. The first-order chi connectivity index (χ1) is 15.7. The molecule has 2 aromatic carbocycles. The van der Waals surface area contributed by atoms with Gasteiger partial charge in [-0.05, 0) is 25.0 Å². The molecule has 0 unspecified atom stereocenters. The number of benzene rings is 2. The Morgan fingerprint density at radius 1 is 0.844 bits per heavy atom. The van der Waals surface area contributed by atoms with Gasteiger partial charge in [0.15, 0.2) is 12.6 Å². The van der Waals surface area contributed by atoms with Crippen LogP contribution in [0.1, 0.15) is 25.0 Å². The maximum Gasteiger partial charge on any atom is 0.187 e. The van der Waals surface area contributed by atoms with E-state index >= 15 is 0 Å². The molecule has 1 aliphatic rings. The zero-order chi connectivity index (χ0) is 22.6. The van der Waals surface area contributed by atoms with Crippen LogP contribution in [0, 0.1) is 0 Å². The molecule has 32 heavy (non-hydrogen) atoms. The highest BCUT2D eigenvalue weighted by atomic mass is 16.7. The number of aliphatic hydroxyl groups is 1. The van der Waals surface area contributed by atoms with Crippen molar-refractivity contribution in [2.24, 2.45) is 0 Å². The lowest BCUT2D eigenvalue weighted by molar-refractivity contribution is -0.233. The molecule has 0 radical (unpaired) electrons. The Bertz CT molecular complexity index is 736. The van der Waals surface area contributed by atoms with Crippen LogP contribution in [-0.2, 0) is 41.6 Å². The fourth-order valence-electron chi connectivity index (χ4n) is 3.48. The largest absolute Gasteiger partial charge is 0.387 e. The van der Waals surface area contributed by atoms with Gasteiger partial charge in [0, 0.05) is 13.2 Å². The second-order valence-corrected chi connectivity index (χ2v) is 7.47. The van der Waals surface area contributed by atoms with Gasteiger partial charge in [0.1, 0.15) is 24.9 Å². The van der Waals surface area contributed by atoms with E-state index in [0.29, 0.717) is 26.4 Å². The molecular formula is C25H34O7. The molecule has 1 N–H and O–H groups in total. The molecular weight excluding hydrogens is 412 g/mol. The van der Waals surface area contributed by atoms with E-state index in [9.17, 15) is 5.11 Å². The lowest BCUT2D eigenvalue weighted by atomic mass is 10.1. The number of hydrogen-bond acceptors (Lipinski definition) is 7. The maximum absolute atomic E-state index is 10.9. The Balaban J connectivity index is 1.58. The highest BCUT2D eigenvalue weighted by Crippen LogP contribution is 2.27. The van der Waals surface area contributed by atoms with Gasteiger partial charge >= 0.3 is 0 Å². The minimum Gasteiger partial charge on any atom is -0.387 e. The molecule has 0 spiro atoms. The van der Waals surface area contributed by atoms with Crippen molar-refractivity contribution < 1.29 is 33.5 Å². The summed E-state index contributed by atoms with van der Waals surface area (Å²) in [5.41, 5.74) is 2.06. The summed E-state index contributed by atoms with van der Waals surface area (Å²) < 4.78 is 34.8. The van der Waals surface area contributed by atoms with E-state index in [0.717, 1.165) is 11.1 Å². The quantitative estimate of drug-likeness (QED) is 0.446. The summed E-state index contributed by atoms with van der Waals surface area (Å²) in [7, 11) is 0. The van der Waals surface area contributed by atoms with Crippen LogP contribution in [0.25, 0.3) is 0 Å². The smallest absolute Gasteiger partial charge is 0.187 e. The third-order valence-corrected chi connectivity index (χ3v) is 5.08. The monoisotopic (exact) mass is 446 g/mol. The number of rotatable bonds is 14. The van der Waals surface area contributed by atoms with Gasteiger partial charge in [-0.15, -0.1) is 0 Å². The van der Waals surface area contributed by atoms with Crippen LogP contribution in [0.2, 0.25) is 0 Å². The average molecular weight is 447 g/mol. The van der Waals surface area contributed by atoms with Crippen molar-refractivity contribution >= 4 is 0 Å². The van der Waals surface area contributed by atoms with Crippen LogP contribution in [0.4, 0.5) is 0 Å². The first kappa shape index (κ1) is 24.8. The zero-order valence-corrected chi connectivity index (χ0v) is 18.8. The Morgan fingerprint density at radius 2 is 1.44 bits per heavy atom. The second-order valence-electron chi connectivity index (χ2n) is 7.47. The summed E-state index contributed by atoms with van der Waals surface area (Å²) >= 11 is 0. The van der Waals surface area contributed by atoms with Crippen molar-refractivity contribution in [3.63, 3.8) is 0 Å². The van der Waals surface area contributed by atoms with E-state index in [2.05, 4.69) is 0 Å². The first-order valence-corrected chi connectivity index (χ1v) is 11.2. The van der Waals surface area contributed by atoms with Crippen molar-refractivity contribution in [3.05, 3.63) is 71.8 Å². The molecule has 0 saturated carbocycles. The van der Waals surface area contributed by atoms with Crippen molar-refractivity contribution in [2.45, 2.75) is 58.0 Å². The Morgan fingerprint density at radius 3 is 2.03 bits per heavy atom. The van der Waals surface area contributed by atoms with Gasteiger partial charge in [-0.3, -0.25) is 0 Å². The molecule has 1 saturated heterocycles. The van der Waals surface area contributed by atoms with E-state index in [-0.39, 0.29) is 13.2 Å². The zero-order valence-electron chi connectivity index (χ0n) is 18.8. The molecule has 3 rings (SSSR count). The maximum atomic E-state index is 10.9. The normalized spacial score (nSPS) is 23.1. The van der Waals surface area contributed by atoms with Gasteiger partial charge in [-0.25, -0.2) is 0 Å². The van der Waals surface area contributed by atoms with Gasteiger partial charge in [0.05, 0.1) is 19.8 Å². The van der Waals surface area contributed by atoms with Gasteiger partial charge < -0.3 is 33.5 Å². The van der Waals surface area contributed by atoms with Gasteiger partial charge in [0.25, 0.3) is 0 Å². The molecule has 0 bridgehead atoms. The summed E-state index contributed by atoms with van der Waals surface area (Å²) in [4.78, 5) is 0. The predicted octanol–water partition coefficient (Wildman–Crippen LogP) is 3.29. The Hall–Kier alpha value is -1.84. The minimum atomic E-state index is -0.892. The Kier molecular flexibility index (Phi) is 10.6. The van der Waals surface area contributed by atoms with Crippen molar-refractivity contribution in [2.75, 3.05) is 26.4 Å². The summed E-state index contributed by atoms with van der Waals surface area (Å²) in [6, 6.07) is 19.7. The van der Waals surface area contributed by atoms with Crippen LogP contribution in [0.5, 0.6) is 0 Å². The first-order valence-electron chi connectivity index (χ1n) is 11.2. The van der Waals surface area contributed by atoms with Crippen LogP contribution >= 0.6 is 0 Å². The topological polar surface area (TPSA) is 75.6 Å². The molecule has 0 aromatic heterocycles. The van der Waals surface area contributed by atoms with Crippen LogP contribution < -0.4 is 0 Å². The van der Waals surface area contributed by atoms with E-state index in [1.165, 1.54) is 0 Å². The fourth-order valence-corrected chi connectivity index (χ4v) is 3.48. The summed E-state index contributed by atoms with van der Waals surface area (Å²) in [6.07, 6.45) is -3.39. The highest BCUT2D eigenvalue weighted by Gasteiger charge is 2.45. The molecule has 2 aromatic rings. The molecule has 0 amide bonds. The second kappa shape index (κ2) is 13.6. The van der Waals surface area contributed by atoms with Crippen molar-refractivity contribution in [3.8, 4) is 0 Å². The van der Waals surface area contributed by atoms with E-state index < -0.39 is 30.9 Å². The molecule has 7 nitrogen and oxygen atoms in total. The average Bonchev–Trinajstić information content (AvgIpc) is 3.12. The van der Waals surface area contributed by atoms with Gasteiger partial charge in [-0.2, -0.15) is 0 Å². The van der Waals surface area contributed by atoms with E-state index in [1.807, 2.05) is 74.5 Å². The minimum absolute atomic E-state index is 0.169. The van der Waals surface area contributed by atoms with E-state index in [4.69, 9.17) is 28.4 Å². The van der Waals surface area contributed by atoms with Crippen molar-refractivity contribution in [1.82, 2.24) is 0 Å². The molecule has 176 valence electrons. The van der Waals surface area contributed by atoms with Crippen LogP contribution in [-0.4, -0.2) is 62.4 Å². The Labute approximate surface area is 190 Å². The standard InChI is InChI=1S/C25H34O7/c1-3-28-22(29-4-2)18-31-25-24(30-16-20-13-9-6-10-14-20)23(26)21(32-25)17-27-15-19-11-7-5-8-12-19/h5-14,21-26H,3-4,15-18H2,1-2H3/t21-,23-,24-,25-/m1/s1. The van der Waals surface area contributed by atoms with Gasteiger partial charge in [-0.1, -0.05) is 60.7 Å². The van der Waals surface area contributed by atoms with Crippen LogP contribution in [0.3, 0.4) is 0 Å². The lowest BCUT2D eigenvalue weighted by Gasteiger charge is -2.23.